The first-order valence-electron chi connectivity index (χ1n) is 4.87. The van der Waals surface area contributed by atoms with E-state index < -0.39 is 18.3 Å². The summed E-state index contributed by atoms with van der Waals surface area (Å²) in [5, 5.41) is 0. The summed E-state index contributed by atoms with van der Waals surface area (Å²) in [5.41, 5.74) is 0. The second-order valence-corrected chi connectivity index (χ2v) is 3.65. The van der Waals surface area contributed by atoms with Crippen molar-refractivity contribution in [2.75, 3.05) is 20.2 Å². The van der Waals surface area contributed by atoms with E-state index in [1.165, 1.54) is 7.11 Å². The van der Waals surface area contributed by atoms with E-state index in [9.17, 15) is 22.4 Å². The van der Waals surface area contributed by atoms with Gasteiger partial charge in [0.15, 0.2) is 0 Å². The number of piperidine rings is 1. The highest BCUT2D eigenvalue weighted by molar-refractivity contribution is 5.84. The maximum absolute atomic E-state index is 12.7. The molecule has 1 aliphatic heterocycles. The second kappa shape index (κ2) is 4.99. The largest absolute Gasteiger partial charge is 0.383 e. The molecule has 0 bridgehead atoms. The Bertz CT molecular complexity index is 252. The summed E-state index contributed by atoms with van der Waals surface area (Å²) in [6.07, 6.45) is -3.27. The number of methoxy groups -OCH3 is 1. The van der Waals surface area contributed by atoms with Gasteiger partial charge in [-0.3, -0.25) is 4.79 Å². The highest BCUT2D eigenvalue weighted by Crippen LogP contribution is 2.27. The van der Waals surface area contributed by atoms with Crippen LogP contribution in [0.3, 0.4) is 0 Å². The third-order valence-corrected chi connectivity index (χ3v) is 2.62. The van der Waals surface area contributed by atoms with E-state index in [2.05, 4.69) is 0 Å². The summed E-state index contributed by atoms with van der Waals surface area (Å²) in [5.74, 6) is -6.38. The topological polar surface area (TPSA) is 29.5 Å². The number of hydrogen-bond acceptors (Lipinski definition) is 2. The zero-order valence-electron chi connectivity index (χ0n) is 8.76. The van der Waals surface area contributed by atoms with Crippen LogP contribution in [0.2, 0.25) is 0 Å². The predicted molar refractivity (Wildman–Crippen MR) is 47.6 cm³/mol. The fourth-order valence-corrected chi connectivity index (χ4v) is 1.60. The minimum Gasteiger partial charge on any atom is -0.381 e. The minimum absolute atomic E-state index is 0.0274. The average Bonchev–Trinajstić information content (AvgIpc) is 2.28. The van der Waals surface area contributed by atoms with Crippen LogP contribution in [-0.2, 0) is 9.53 Å². The molecule has 0 aromatic rings. The number of alkyl halides is 4. The molecule has 3 nitrogen and oxygen atoms in total. The third-order valence-electron chi connectivity index (χ3n) is 2.62. The van der Waals surface area contributed by atoms with Crippen LogP contribution < -0.4 is 0 Å². The number of likely N-dealkylation sites (tertiary alicyclic amines) is 1. The van der Waals surface area contributed by atoms with Crippen molar-refractivity contribution in [3.05, 3.63) is 0 Å². The molecule has 0 aromatic carbocycles. The molecular formula is C9H13F4NO2. The van der Waals surface area contributed by atoms with Gasteiger partial charge in [0.2, 0.25) is 0 Å². The Morgan fingerprint density at radius 3 is 2.25 bits per heavy atom. The Hall–Kier alpha value is -0.850. The number of amides is 1. The van der Waals surface area contributed by atoms with Crippen molar-refractivity contribution >= 4 is 5.91 Å². The molecule has 0 unspecified atom stereocenters. The fraction of sp³-hybridized carbons (Fsp3) is 0.889. The van der Waals surface area contributed by atoms with E-state index >= 15 is 0 Å². The van der Waals surface area contributed by atoms with Gasteiger partial charge in [0, 0.05) is 20.2 Å². The standard InChI is InChI=1S/C9H13F4NO2/c1-16-6-2-4-14(5-3-6)8(15)9(12,13)7(10)11/h6-7H,2-5H2,1H3. The number of rotatable bonds is 3. The van der Waals surface area contributed by atoms with E-state index in [1.54, 1.807) is 0 Å². The molecule has 94 valence electrons. The van der Waals surface area contributed by atoms with Gasteiger partial charge < -0.3 is 9.64 Å². The van der Waals surface area contributed by atoms with Crippen molar-refractivity contribution in [3.8, 4) is 0 Å². The van der Waals surface area contributed by atoms with Gasteiger partial charge in [-0.25, -0.2) is 8.78 Å². The molecule has 0 aliphatic carbocycles. The SMILES string of the molecule is COC1CCN(C(=O)C(F)(F)C(F)F)CC1. The molecular weight excluding hydrogens is 230 g/mol. The zero-order chi connectivity index (χ0) is 12.3. The van der Waals surface area contributed by atoms with Gasteiger partial charge in [-0.1, -0.05) is 0 Å². The number of carbonyl (C=O) groups excluding carboxylic acids is 1. The molecule has 0 aromatic heterocycles. The maximum atomic E-state index is 12.7. The van der Waals surface area contributed by atoms with Crippen LogP contribution in [0.4, 0.5) is 17.6 Å². The van der Waals surface area contributed by atoms with Crippen molar-refractivity contribution in [2.45, 2.75) is 31.3 Å². The Kier molecular flexibility index (Phi) is 4.12. The molecule has 1 saturated heterocycles. The number of nitrogens with zero attached hydrogens (tertiary/aromatic N) is 1. The van der Waals surface area contributed by atoms with Crippen molar-refractivity contribution in [3.63, 3.8) is 0 Å². The van der Waals surface area contributed by atoms with Gasteiger partial charge in [0.05, 0.1) is 6.10 Å². The normalized spacial score (nSPS) is 19.2. The lowest BCUT2D eigenvalue weighted by Gasteiger charge is -2.33. The van der Waals surface area contributed by atoms with E-state index in [-0.39, 0.29) is 19.2 Å². The molecule has 1 rings (SSSR count). The summed E-state index contributed by atoms with van der Waals surface area (Å²) < 4.78 is 54.3. The minimum atomic E-state index is -4.58. The lowest BCUT2D eigenvalue weighted by atomic mass is 10.1. The molecule has 0 saturated carbocycles. The van der Waals surface area contributed by atoms with Crippen LogP contribution in [0, 0.1) is 0 Å². The predicted octanol–water partition coefficient (Wildman–Crippen LogP) is 1.52. The molecule has 1 amide bonds. The van der Waals surface area contributed by atoms with Gasteiger partial charge >= 0.3 is 12.3 Å². The Morgan fingerprint density at radius 2 is 1.88 bits per heavy atom. The lowest BCUT2D eigenvalue weighted by molar-refractivity contribution is -0.182. The molecule has 0 radical (unpaired) electrons. The number of hydrogen-bond donors (Lipinski definition) is 0. The van der Waals surface area contributed by atoms with Gasteiger partial charge in [0.25, 0.3) is 5.91 Å². The summed E-state index contributed by atoms with van der Waals surface area (Å²) in [7, 11) is 1.48. The monoisotopic (exact) mass is 243 g/mol. The van der Waals surface area contributed by atoms with Gasteiger partial charge in [-0.15, -0.1) is 0 Å². The highest BCUT2D eigenvalue weighted by atomic mass is 19.3. The Morgan fingerprint density at radius 1 is 1.38 bits per heavy atom. The Labute approximate surface area is 90.3 Å². The smallest absolute Gasteiger partial charge is 0.381 e. The maximum Gasteiger partial charge on any atom is 0.383 e. The van der Waals surface area contributed by atoms with E-state index in [1.807, 2.05) is 0 Å². The van der Waals surface area contributed by atoms with Gasteiger partial charge in [0.1, 0.15) is 0 Å². The first-order valence-corrected chi connectivity index (χ1v) is 4.87. The van der Waals surface area contributed by atoms with Crippen molar-refractivity contribution in [2.24, 2.45) is 0 Å². The number of ether oxygens (including phenoxy) is 1. The molecule has 0 N–H and O–H groups in total. The molecule has 7 heteroatoms. The van der Waals surface area contributed by atoms with Gasteiger partial charge in [-0.2, -0.15) is 8.78 Å². The van der Waals surface area contributed by atoms with Crippen LogP contribution in [0.1, 0.15) is 12.8 Å². The third kappa shape index (κ3) is 2.63. The van der Waals surface area contributed by atoms with Crippen molar-refractivity contribution in [1.29, 1.82) is 0 Å². The van der Waals surface area contributed by atoms with Crippen LogP contribution >= 0.6 is 0 Å². The van der Waals surface area contributed by atoms with Gasteiger partial charge in [-0.05, 0) is 12.8 Å². The first-order chi connectivity index (χ1) is 7.39. The lowest BCUT2D eigenvalue weighted by Crippen LogP contribution is -2.51. The van der Waals surface area contributed by atoms with E-state index in [0.29, 0.717) is 12.8 Å². The quantitative estimate of drug-likeness (QED) is 0.703. The van der Waals surface area contributed by atoms with Crippen molar-refractivity contribution < 1.29 is 27.1 Å². The fourth-order valence-electron chi connectivity index (χ4n) is 1.60. The van der Waals surface area contributed by atoms with Crippen LogP contribution in [-0.4, -0.2) is 49.5 Å². The van der Waals surface area contributed by atoms with E-state index in [4.69, 9.17) is 4.74 Å². The molecule has 1 fully saturated rings. The number of halogens is 4. The van der Waals surface area contributed by atoms with Crippen molar-refractivity contribution in [1.82, 2.24) is 4.90 Å². The highest BCUT2D eigenvalue weighted by Gasteiger charge is 2.51. The summed E-state index contributed by atoms with van der Waals surface area (Å²) >= 11 is 0. The molecule has 1 heterocycles. The Balaban J connectivity index is 2.57. The van der Waals surface area contributed by atoms with Crippen LogP contribution in [0.25, 0.3) is 0 Å². The molecule has 16 heavy (non-hydrogen) atoms. The summed E-state index contributed by atoms with van der Waals surface area (Å²) in [4.78, 5) is 11.9. The summed E-state index contributed by atoms with van der Waals surface area (Å²) in [6.45, 7) is 0.0549. The first kappa shape index (κ1) is 13.2. The molecule has 0 atom stereocenters. The number of carbonyl (C=O) groups is 1. The van der Waals surface area contributed by atoms with Crippen LogP contribution in [0.5, 0.6) is 0 Å². The molecule has 1 aliphatic rings. The second-order valence-electron chi connectivity index (χ2n) is 3.65. The summed E-state index contributed by atoms with van der Waals surface area (Å²) in [6, 6.07) is 0. The van der Waals surface area contributed by atoms with Crippen LogP contribution in [0.15, 0.2) is 0 Å². The average molecular weight is 243 g/mol. The molecule has 0 spiro atoms. The van der Waals surface area contributed by atoms with E-state index in [0.717, 1.165) is 4.90 Å². The zero-order valence-corrected chi connectivity index (χ0v) is 8.76.